The lowest BCUT2D eigenvalue weighted by Crippen LogP contribution is -2.06. The van der Waals surface area contributed by atoms with Crippen LogP contribution in [0.5, 0.6) is 0 Å². The van der Waals surface area contributed by atoms with Crippen molar-refractivity contribution in [2.45, 2.75) is 19.4 Å². The molecule has 2 aromatic rings. The Balaban J connectivity index is 1.75. The van der Waals surface area contributed by atoms with Crippen LogP contribution in [-0.2, 0) is 6.54 Å². The molecule has 1 aromatic heterocycles. The van der Waals surface area contributed by atoms with E-state index in [4.69, 9.17) is 11.0 Å². The first-order valence-electron chi connectivity index (χ1n) is 6.29. The zero-order valence-electron chi connectivity index (χ0n) is 10.7. The van der Waals surface area contributed by atoms with Crippen LogP contribution in [0.25, 0.3) is 0 Å². The highest BCUT2D eigenvalue weighted by Crippen LogP contribution is 2.19. The molecule has 2 rings (SSSR count). The third-order valence-corrected chi connectivity index (χ3v) is 2.90. The highest BCUT2D eigenvalue weighted by atomic mass is 15.0. The Morgan fingerprint density at radius 3 is 3.00 bits per heavy atom. The van der Waals surface area contributed by atoms with E-state index in [1.54, 1.807) is 24.4 Å². The predicted octanol–water partition coefficient (Wildman–Crippen LogP) is 2.23. The highest BCUT2D eigenvalue weighted by Gasteiger charge is 2.00. The number of aromatic nitrogens is 2. The van der Waals surface area contributed by atoms with E-state index in [1.807, 2.05) is 12.5 Å². The Morgan fingerprint density at radius 2 is 2.26 bits per heavy atom. The maximum atomic E-state index is 8.84. The molecule has 5 heteroatoms. The molecule has 0 amide bonds. The number of aryl methyl sites for hydroxylation is 1. The number of imidazole rings is 1. The van der Waals surface area contributed by atoms with Crippen molar-refractivity contribution < 1.29 is 0 Å². The fraction of sp³-hybridized carbons (Fsp3) is 0.286. The number of nitrogens with two attached hydrogens (primary N) is 1. The first-order chi connectivity index (χ1) is 9.29. The van der Waals surface area contributed by atoms with Crippen LogP contribution in [0.4, 0.5) is 11.4 Å². The Hall–Kier alpha value is -2.48. The number of hydrogen-bond donors (Lipinski definition) is 2. The molecule has 0 saturated carbocycles. The maximum Gasteiger partial charge on any atom is 0.0992 e. The summed E-state index contributed by atoms with van der Waals surface area (Å²) in [6.45, 7) is 1.81. The van der Waals surface area contributed by atoms with E-state index in [9.17, 15) is 0 Å². The van der Waals surface area contributed by atoms with Crippen molar-refractivity contribution in [2.24, 2.45) is 0 Å². The molecule has 98 valence electrons. The van der Waals surface area contributed by atoms with Crippen molar-refractivity contribution in [2.75, 3.05) is 17.6 Å². The van der Waals surface area contributed by atoms with E-state index in [1.165, 1.54) is 0 Å². The van der Waals surface area contributed by atoms with Crippen molar-refractivity contribution in [1.82, 2.24) is 9.55 Å². The van der Waals surface area contributed by atoms with E-state index in [-0.39, 0.29) is 0 Å². The number of hydrogen-bond acceptors (Lipinski definition) is 4. The summed E-state index contributed by atoms with van der Waals surface area (Å²) >= 11 is 0. The molecule has 0 fully saturated rings. The van der Waals surface area contributed by atoms with Gasteiger partial charge >= 0.3 is 0 Å². The van der Waals surface area contributed by atoms with Gasteiger partial charge in [-0.3, -0.25) is 0 Å². The molecule has 0 unspecified atom stereocenters. The van der Waals surface area contributed by atoms with Crippen LogP contribution in [0.3, 0.4) is 0 Å². The highest BCUT2D eigenvalue weighted by molar-refractivity contribution is 5.68. The number of nitrogen functional groups attached to an aromatic ring is 1. The molecule has 0 spiro atoms. The van der Waals surface area contributed by atoms with Crippen LogP contribution >= 0.6 is 0 Å². The summed E-state index contributed by atoms with van der Waals surface area (Å²) in [4.78, 5) is 4.00. The van der Waals surface area contributed by atoms with Gasteiger partial charge in [-0.15, -0.1) is 0 Å². The molecule has 0 aliphatic heterocycles. The minimum atomic E-state index is 0.620. The van der Waals surface area contributed by atoms with E-state index in [0.717, 1.165) is 31.6 Å². The van der Waals surface area contributed by atoms with Gasteiger partial charge in [-0.05, 0) is 31.0 Å². The summed E-state index contributed by atoms with van der Waals surface area (Å²) in [6, 6.07) is 7.37. The number of nitrogens with one attached hydrogen (secondary N) is 1. The molecule has 0 aliphatic carbocycles. The molecule has 0 saturated heterocycles. The third-order valence-electron chi connectivity index (χ3n) is 2.90. The molecule has 19 heavy (non-hydrogen) atoms. The van der Waals surface area contributed by atoms with Crippen LogP contribution in [-0.4, -0.2) is 16.1 Å². The second-order valence-electron chi connectivity index (χ2n) is 4.35. The van der Waals surface area contributed by atoms with Crippen LogP contribution < -0.4 is 11.1 Å². The largest absolute Gasteiger partial charge is 0.397 e. The van der Waals surface area contributed by atoms with Crippen LogP contribution in [0.1, 0.15) is 18.4 Å². The number of nitriles is 1. The Kier molecular flexibility index (Phi) is 4.40. The summed E-state index contributed by atoms with van der Waals surface area (Å²) in [5, 5.41) is 12.1. The van der Waals surface area contributed by atoms with Gasteiger partial charge in [-0.25, -0.2) is 4.98 Å². The Bertz CT molecular complexity index is 554. The lowest BCUT2D eigenvalue weighted by Gasteiger charge is -2.09. The fourth-order valence-corrected chi connectivity index (χ4v) is 1.84. The number of unbranched alkanes of at least 4 members (excludes halogenated alkanes) is 1. The van der Waals surface area contributed by atoms with Crippen molar-refractivity contribution in [3.63, 3.8) is 0 Å². The van der Waals surface area contributed by atoms with Gasteiger partial charge in [0, 0.05) is 25.5 Å². The van der Waals surface area contributed by atoms with Gasteiger partial charge < -0.3 is 15.6 Å². The molecule has 1 aromatic carbocycles. The average Bonchev–Trinajstić information content (AvgIpc) is 2.93. The predicted molar refractivity (Wildman–Crippen MR) is 75.5 cm³/mol. The van der Waals surface area contributed by atoms with E-state index < -0.39 is 0 Å². The summed E-state index contributed by atoms with van der Waals surface area (Å²) in [7, 11) is 0. The number of benzene rings is 1. The van der Waals surface area contributed by atoms with E-state index in [0.29, 0.717) is 11.3 Å². The number of nitrogens with zero attached hydrogens (tertiary/aromatic N) is 3. The first-order valence-corrected chi connectivity index (χ1v) is 6.29. The van der Waals surface area contributed by atoms with Gasteiger partial charge in [-0.2, -0.15) is 5.26 Å². The molecule has 5 nitrogen and oxygen atoms in total. The number of anilines is 2. The van der Waals surface area contributed by atoms with Gasteiger partial charge in [0.1, 0.15) is 0 Å². The lowest BCUT2D eigenvalue weighted by molar-refractivity contribution is 0.621. The Morgan fingerprint density at radius 1 is 1.37 bits per heavy atom. The van der Waals surface area contributed by atoms with Gasteiger partial charge in [-0.1, -0.05) is 0 Å². The summed E-state index contributed by atoms with van der Waals surface area (Å²) in [5.74, 6) is 0. The molecule has 3 N–H and O–H groups in total. The fourth-order valence-electron chi connectivity index (χ4n) is 1.84. The van der Waals surface area contributed by atoms with Gasteiger partial charge in [0.15, 0.2) is 0 Å². The average molecular weight is 255 g/mol. The summed E-state index contributed by atoms with van der Waals surface area (Å²) in [5.41, 5.74) is 7.98. The maximum absolute atomic E-state index is 8.84. The standard InChI is InChI=1S/C14H17N5/c15-10-12-3-4-13(16)14(9-12)18-5-1-2-7-19-8-6-17-11-19/h3-4,6,8-9,11,18H,1-2,5,7,16H2. The molecular weight excluding hydrogens is 238 g/mol. The van der Waals surface area contributed by atoms with Gasteiger partial charge in [0.05, 0.1) is 29.3 Å². The second kappa shape index (κ2) is 6.45. The monoisotopic (exact) mass is 255 g/mol. The van der Waals surface area contributed by atoms with Gasteiger partial charge in [0.25, 0.3) is 0 Å². The van der Waals surface area contributed by atoms with Gasteiger partial charge in [0.2, 0.25) is 0 Å². The lowest BCUT2D eigenvalue weighted by atomic mass is 10.2. The van der Waals surface area contributed by atoms with Crippen LogP contribution in [0.2, 0.25) is 0 Å². The summed E-state index contributed by atoms with van der Waals surface area (Å²) < 4.78 is 2.06. The van der Waals surface area contributed by atoms with Crippen LogP contribution in [0.15, 0.2) is 36.9 Å². The molecule has 0 bridgehead atoms. The van der Waals surface area contributed by atoms with Crippen LogP contribution in [0, 0.1) is 11.3 Å². The first kappa shape index (κ1) is 13.0. The normalized spacial score (nSPS) is 10.1. The number of rotatable bonds is 6. The van der Waals surface area contributed by atoms with Crippen molar-refractivity contribution in [3.05, 3.63) is 42.5 Å². The Labute approximate surface area is 112 Å². The van der Waals surface area contributed by atoms with E-state index >= 15 is 0 Å². The molecule has 0 aliphatic rings. The van der Waals surface area contributed by atoms with Crippen molar-refractivity contribution >= 4 is 11.4 Å². The quantitative estimate of drug-likeness (QED) is 0.612. The third kappa shape index (κ3) is 3.75. The molecular formula is C14H17N5. The SMILES string of the molecule is N#Cc1ccc(N)c(NCCCCn2ccnc2)c1. The summed E-state index contributed by atoms with van der Waals surface area (Å²) in [6.07, 6.45) is 7.67. The molecule has 0 radical (unpaired) electrons. The molecule has 0 atom stereocenters. The molecule has 1 heterocycles. The zero-order chi connectivity index (χ0) is 13.5. The van der Waals surface area contributed by atoms with Crippen molar-refractivity contribution in [1.29, 1.82) is 5.26 Å². The zero-order valence-corrected chi connectivity index (χ0v) is 10.7. The van der Waals surface area contributed by atoms with E-state index in [2.05, 4.69) is 20.9 Å². The smallest absolute Gasteiger partial charge is 0.0992 e. The minimum Gasteiger partial charge on any atom is -0.397 e. The van der Waals surface area contributed by atoms with Crippen molar-refractivity contribution in [3.8, 4) is 6.07 Å². The topological polar surface area (TPSA) is 79.7 Å². The minimum absolute atomic E-state index is 0.620. The second-order valence-corrected chi connectivity index (χ2v) is 4.35.